The monoisotopic (exact) mass is 350 g/mol. The predicted molar refractivity (Wildman–Crippen MR) is 95.3 cm³/mol. The molecule has 2 fully saturated rings. The number of likely N-dealkylation sites (tertiary alicyclic amines) is 1. The number of nitrogens with zero attached hydrogens (tertiary/aromatic N) is 3. The summed E-state index contributed by atoms with van der Waals surface area (Å²) in [6, 6.07) is 0. The molecule has 0 unspecified atom stereocenters. The topological polar surface area (TPSA) is 65.5 Å². The third kappa shape index (κ3) is 4.13. The lowest BCUT2D eigenvalue weighted by Gasteiger charge is -2.32. The van der Waals surface area contributed by atoms with Crippen LogP contribution in [-0.2, 0) is 16.0 Å². The lowest BCUT2D eigenvalue weighted by Crippen LogP contribution is -2.39. The lowest BCUT2D eigenvalue weighted by molar-refractivity contribution is -0.131. The molecule has 0 atom stereocenters. The molecule has 0 saturated carbocycles. The summed E-state index contributed by atoms with van der Waals surface area (Å²) in [4.78, 5) is 32.5. The number of rotatable bonds is 6. The summed E-state index contributed by atoms with van der Waals surface area (Å²) < 4.78 is 0. The second-order valence-electron chi connectivity index (χ2n) is 6.66. The molecule has 2 aliphatic heterocycles. The second kappa shape index (κ2) is 8.07. The van der Waals surface area contributed by atoms with Crippen LogP contribution in [0.4, 0.5) is 5.13 Å². The predicted octanol–water partition coefficient (Wildman–Crippen LogP) is 1.66. The van der Waals surface area contributed by atoms with Gasteiger partial charge in [-0.25, -0.2) is 4.98 Å². The Bertz CT molecular complexity index is 581. The van der Waals surface area contributed by atoms with Crippen LogP contribution >= 0.6 is 11.3 Å². The van der Waals surface area contributed by atoms with Gasteiger partial charge in [0, 0.05) is 31.4 Å². The van der Waals surface area contributed by atoms with E-state index in [2.05, 4.69) is 10.3 Å². The molecule has 0 aliphatic carbocycles. The largest absolute Gasteiger partial charge is 0.342 e. The maximum Gasteiger partial charge on any atom is 0.228 e. The van der Waals surface area contributed by atoms with Gasteiger partial charge in [-0.15, -0.1) is 11.3 Å². The minimum atomic E-state index is 0.144. The molecule has 2 saturated heterocycles. The summed E-state index contributed by atoms with van der Waals surface area (Å²) in [5.74, 6) is 1.03. The quantitative estimate of drug-likeness (QED) is 0.847. The van der Waals surface area contributed by atoms with Crippen LogP contribution in [0, 0.1) is 5.92 Å². The fourth-order valence-corrected chi connectivity index (χ4v) is 4.31. The van der Waals surface area contributed by atoms with Crippen LogP contribution in [0.25, 0.3) is 0 Å². The van der Waals surface area contributed by atoms with Gasteiger partial charge in [0.15, 0.2) is 5.13 Å². The van der Waals surface area contributed by atoms with Crippen molar-refractivity contribution in [3.05, 3.63) is 11.1 Å². The minimum Gasteiger partial charge on any atom is -0.342 e. The van der Waals surface area contributed by atoms with Gasteiger partial charge < -0.3 is 10.2 Å². The Morgan fingerprint density at radius 3 is 2.83 bits per heavy atom. The van der Waals surface area contributed by atoms with Gasteiger partial charge in [-0.05, 0) is 45.2 Å². The Hall–Kier alpha value is -1.47. The SMILES string of the molecule is CNCCC1CCN(C(=O)Cc2csc(N3CCCC3=O)n2)CC1. The molecule has 0 bridgehead atoms. The van der Waals surface area contributed by atoms with Crippen molar-refractivity contribution in [3.8, 4) is 0 Å². The van der Waals surface area contributed by atoms with Gasteiger partial charge in [0.1, 0.15) is 0 Å². The molecule has 1 aromatic rings. The van der Waals surface area contributed by atoms with Crippen LogP contribution in [0.5, 0.6) is 0 Å². The fraction of sp³-hybridized carbons (Fsp3) is 0.706. The van der Waals surface area contributed by atoms with E-state index >= 15 is 0 Å². The van der Waals surface area contributed by atoms with Crippen LogP contribution in [0.15, 0.2) is 5.38 Å². The van der Waals surface area contributed by atoms with E-state index < -0.39 is 0 Å². The standard InChI is InChI=1S/C17H26N4O2S/c1-18-7-4-13-5-9-20(10-6-13)16(23)11-14-12-24-17(19-14)21-8-2-3-15(21)22/h12-13,18H,2-11H2,1H3. The number of hydrogen-bond acceptors (Lipinski definition) is 5. The Labute approximate surface area is 147 Å². The number of carbonyl (C=O) groups excluding carboxylic acids is 2. The molecule has 0 aromatic carbocycles. The number of hydrogen-bond donors (Lipinski definition) is 1. The first kappa shape index (κ1) is 17.4. The first-order valence-corrected chi connectivity index (χ1v) is 9.72. The van der Waals surface area contributed by atoms with Gasteiger partial charge in [0.2, 0.25) is 11.8 Å². The summed E-state index contributed by atoms with van der Waals surface area (Å²) in [5.41, 5.74) is 0.789. The van der Waals surface area contributed by atoms with E-state index in [0.29, 0.717) is 12.8 Å². The van der Waals surface area contributed by atoms with Crippen molar-refractivity contribution in [2.75, 3.05) is 38.1 Å². The van der Waals surface area contributed by atoms with Crippen molar-refractivity contribution in [2.45, 2.75) is 38.5 Å². The van der Waals surface area contributed by atoms with E-state index in [1.165, 1.54) is 17.8 Å². The summed E-state index contributed by atoms with van der Waals surface area (Å²) >= 11 is 1.46. The average Bonchev–Trinajstić information content (AvgIpc) is 3.22. The Morgan fingerprint density at radius 1 is 1.38 bits per heavy atom. The van der Waals surface area contributed by atoms with Gasteiger partial charge in [0.05, 0.1) is 12.1 Å². The molecule has 2 aliphatic rings. The molecule has 1 aromatic heterocycles. The minimum absolute atomic E-state index is 0.144. The Morgan fingerprint density at radius 2 is 2.17 bits per heavy atom. The van der Waals surface area contributed by atoms with Crippen molar-refractivity contribution in [3.63, 3.8) is 0 Å². The third-order valence-corrected chi connectivity index (χ3v) is 5.86. The second-order valence-corrected chi connectivity index (χ2v) is 7.50. The number of aromatic nitrogens is 1. The molecular weight excluding hydrogens is 324 g/mol. The first-order chi connectivity index (χ1) is 11.7. The van der Waals surface area contributed by atoms with Crippen LogP contribution in [0.1, 0.15) is 37.8 Å². The van der Waals surface area contributed by atoms with E-state index in [1.54, 1.807) is 4.90 Å². The average molecular weight is 350 g/mol. The van der Waals surface area contributed by atoms with Crippen molar-refractivity contribution in [1.29, 1.82) is 0 Å². The highest BCUT2D eigenvalue weighted by Gasteiger charge is 2.26. The molecule has 24 heavy (non-hydrogen) atoms. The number of nitrogens with one attached hydrogen (secondary N) is 1. The molecule has 132 valence electrons. The van der Waals surface area contributed by atoms with Gasteiger partial charge in [-0.2, -0.15) is 0 Å². The Kier molecular flexibility index (Phi) is 5.84. The summed E-state index contributed by atoms with van der Waals surface area (Å²) in [7, 11) is 1.98. The number of amides is 2. The molecule has 3 heterocycles. The van der Waals surface area contributed by atoms with Crippen LogP contribution in [0.2, 0.25) is 0 Å². The highest BCUT2D eigenvalue weighted by Crippen LogP contribution is 2.26. The fourth-order valence-electron chi connectivity index (χ4n) is 3.44. The van der Waals surface area contributed by atoms with Crippen molar-refractivity contribution in [1.82, 2.24) is 15.2 Å². The van der Waals surface area contributed by atoms with E-state index in [-0.39, 0.29) is 11.8 Å². The lowest BCUT2D eigenvalue weighted by atomic mass is 9.93. The van der Waals surface area contributed by atoms with Gasteiger partial charge >= 0.3 is 0 Å². The molecule has 3 rings (SSSR count). The number of piperidine rings is 1. The van der Waals surface area contributed by atoms with Crippen molar-refractivity contribution in [2.24, 2.45) is 5.92 Å². The number of carbonyl (C=O) groups is 2. The zero-order chi connectivity index (χ0) is 16.9. The van der Waals surface area contributed by atoms with Gasteiger partial charge in [-0.3, -0.25) is 14.5 Å². The van der Waals surface area contributed by atoms with Crippen LogP contribution < -0.4 is 10.2 Å². The van der Waals surface area contributed by atoms with Crippen LogP contribution in [0.3, 0.4) is 0 Å². The highest BCUT2D eigenvalue weighted by atomic mass is 32.1. The zero-order valence-electron chi connectivity index (χ0n) is 14.3. The normalized spacial score (nSPS) is 19.3. The molecular formula is C17H26N4O2S. The van der Waals surface area contributed by atoms with Gasteiger partial charge in [-0.1, -0.05) is 0 Å². The molecule has 7 heteroatoms. The summed E-state index contributed by atoms with van der Waals surface area (Å²) in [6.07, 6.45) is 5.24. The first-order valence-electron chi connectivity index (χ1n) is 8.84. The van der Waals surface area contributed by atoms with E-state index in [0.717, 1.165) is 62.2 Å². The van der Waals surface area contributed by atoms with Gasteiger partial charge in [0.25, 0.3) is 0 Å². The molecule has 2 amide bonds. The smallest absolute Gasteiger partial charge is 0.228 e. The van der Waals surface area contributed by atoms with E-state index in [4.69, 9.17) is 0 Å². The number of thiazole rings is 1. The van der Waals surface area contributed by atoms with Crippen LogP contribution in [-0.4, -0.2) is 54.9 Å². The summed E-state index contributed by atoms with van der Waals surface area (Å²) in [6.45, 7) is 3.51. The molecule has 1 N–H and O–H groups in total. The maximum atomic E-state index is 12.5. The van der Waals surface area contributed by atoms with Crippen molar-refractivity contribution < 1.29 is 9.59 Å². The Balaban J connectivity index is 1.49. The zero-order valence-corrected chi connectivity index (χ0v) is 15.1. The van der Waals surface area contributed by atoms with E-state index in [9.17, 15) is 9.59 Å². The van der Waals surface area contributed by atoms with Crippen molar-refractivity contribution >= 4 is 28.3 Å². The summed E-state index contributed by atoms with van der Waals surface area (Å²) in [5, 5.41) is 5.85. The third-order valence-electron chi connectivity index (χ3n) is 4.95. The molecule has 0 spiro atoms. The maximum absolute atomic E-state index is 12.5. The van der Waals surface area contributed by atoms with E-state index in [1.807, 2.05) is 17.3 Å². The molecule has 0 radical (unpaired) electrons. The molecule has 6 nitrogen and oxygen atoms in total. The number of anilines is 1. The highest BCUT2D eigenvalue weighted by molar-refractivity contribution is 7.14.